The van der Waals surface area contributed by atoms with Gasteiger partial charge in [-0.25, -0.2) is 0 Å². The number of hydrogen-bond acceptors (Lipinski definition) is 4. The van der Waals surface area contributed by atoms with E-state index >= 15 is 0 Å². The van der Waals surface area contributed by atoms with Crippen molar-refractivity contribution in [3.05, 3.63) is 144 Å². The zero-order valence-corrected chi connectivity index (χ0v) is 33.4. The predicted octanol–water partition coefficient (Wildman–Crippen LogP) is 12.1. The van der Waals surface area contributed by atoms with Crippen molar-refractivity contribution in [1.29, 1.82) is 0 Å². The molecule has 0 spiro atoms. The monoisotopic (exact) mass is 851 g/mol. The van der Waals surface area contributed by atoms with Crippen LogP contribution < -0.4 is 0 Å². The second kappa shape index (κ2) is 16.1. The third-order valence-electron chi connectivity index (χ3n) is 8.50. The number of aryl methyl sites for hydroxylation is 3. The van der Waals surface area contributed by atoms with Gasteiger partial charge in [0.25, 0.3) is 0 Å². The molecule has 51 heavy (non-hydrogen) atoms. The molecular formula is C46H46IrN2O2-2. The van der Waals surface area contributed by atoms with Crippen LogP contribution >= 0.6 is 0 Å². The summed E-state index contributed by atoms with van der Waals surface area (Å²) in [4.78, 5) is 20.5. The molecule has 7 aromatic rings. The smallest absolute Gasteiger partial charge is 0.164 e. The molecule has 0 atom stereocenters. The molecule has 1 radical (unpaired) electrons. The maximum absolute atomic E-state index is 11.5. The van der Waals surface area contributed by atoms with Crippen LogP contribution in [0.3, 0.4) is 0 Å². The van der Waals surface area contributed by atoms with Gasteiger partial charge in [0, 0.05) is 49.4 Å². The Balaban J connectivity index is 0.000000181. The molecule has 0 unspecified atom stereocenters. The Labute approximate surface area is 316 Å². The van der Waals surface area contributed by atoms with E-state index in [1.165, 1.54) is 49.5 Å². The summed E-state index contributed by atoms with van der Waals surface area (Å²) in [7, 11) is 0. The number of fused-ring (bicyclic) bond motifs is 6. The van der Waals surface area contributed by atoms with Crippen molar-refractivity contribution < 1.29 is 30.0 Å². The van der Waals surface area contributed by atoms with Gasteiger partial charge in [0.05, 0.1) is 0 Å². The SMILES string of the molecule is CC(C)(C)C(=O)/C=C(\O)C(C)(C)C.Cc1[c-]c(-c2nccc3c2ccc2cc(C)ccc23)cc(C)c1.[Ir].[c-]1cccc2ccc3cccnc3c12. The first-order chi connectivity index (χ1) is 23.6. The summed E-state index contributed by atoms with van der Waals surface area (Å²) in [6.07, 6.45) is 5.06. The van der Waals surface area contributed by atoms with E-state index in [4.69, 9.17) is 0 Å². The van der Waals surface area contributed by atoms with Crippen molar-refractivity contribution in [3.63, 3.8) is 0 Å². The Morgan fingerprint density at radius 3 is 2.08 bits per heavy atom. The molecule has 0 saturated heterocycles. The summed E-state index contributed by atoms with van der Waals surface area (Å²) in [5.41, 5.74) is 6.03. The van der Waals surface area contributed by atoms with E-state index < -0.39 is 5.41 Å². The molecule has 5 heteroatoms. The number of carbonyl (C=O) groups excluding carboxylic acids is 1. The average molecular weight is 851 g/mol. The standard InChI is InChI=1S/C22H18N.C13H8N.C11H20O2.Ir/c1-14-4-6-19-17(11-14)5-7-21-20(19)8-9-23-22(21)18-12-15(2)10-16(3)13-18;1-2-6-12-10(4-1)7-8-11-5-3-9-14-13(11)12;1-10(2,3)8(12)7-9(13)11(4,5)6;/h4-12H,1-3H3;1-5,7-9H;7,12H,1-6H3;/q2*-1;;/b;;8-7-;. The molecule has 0 aliphatic heterocycles. The van der Waals surface area contributed by atoms with Crippen LogP contribution in [-0.4, -0.2) is 20.9 Å². The van der Waals surface area contributed by atoms with E-state index in [0.29, 0.717) is 0 Å². The molecule has 0 fully saturated rings. The van der Waals surface area contributed by atoms with Crippen LogP contribution in [-0.2, 0) is 24.9 Å². The van der Waals surface area contributed by atoms with Gasteiger partial charge in [0.1, 0.15) is 5.76 Å². The van der Waals surface area contributed by atoms with Gasteiger partial charge in [-0.15, -0.1) is 69.9 Å². The van der Waals surface area contributed by atoms with E-state index in [2.05, 4.69) is 116 Å². The number of aliphatic hydroxyl groups excluding tert-OH is 1. The van der Waals surface area contributed by atoms with E-state index in [-0.39, 0.29) is 37.1 Å². The number of ketones is 1. The first-order valence-corrected chi connectivity index (χ1v) is 17.0. The quantitative estimate of drug-likeness (QED) is 0.0815. The number of carbonyl (C=O) groups is 1. The van der Waals surface area contributed by atoms with Crippen molar-refractivity contribution in [2.45, 2.75) is 62.3 Å². The number of rotatable bonds is 2. The molecule has 0 bridgehead atoms. The minimum atomic E-state index is -0.417. The van der Waals surface area contributed by atoms with Gasteiger partial charge in [-0.1, -0.05) is 109 Å². The van der Waals surface area contributed by atoms with E-state index in [1.54, 1.807) is 0 Å². The maximum Gasteiger partial charge on any atom is 0.164 e. The van der Waals surface area contributed by atoms with E-state index in [0.717, 1.165) is 27.7 Å². The van der Waals surface area contributed by atoms with E-state index in [9.17, 15) is 9.90 Å². The largest absolute Gasteiger partial charge is 0.512 e. The minimum Gasteiger partial charge on any atom is -0.512 e. The summed E-state index contributed by atoms with van der Waals surface area (Å²) in [5, 5.41) is 18.0. The summed E-state index contributed by atoms with van der Waals surface area (Å²) in [5.74, 6) is 0.104. The van der Waals surface area contributed by atoms with Crippen LogP contribution in [0, 0.1) is 43.7 Å². The minimum absolute atomic E-state index is 0. The fourth-order valence-electron chi connectivity index (χ4n) is 5.64. The van der Waals surface area contributed by atoms with Gasteiger partial charge < -0.3 is 15.1 Å². The third kappa shape index (κ3) is 9.55. The summed E-state index contributed by atoms with van der Waals surface area (Å²) in [6.45, 7) is 17.4. The first-order valence-electron chi connectivity index (χ1n) is 17.0. The second-order valence-corrected chi connectivity index (χ2v) is 15.0. The fourth-order valence-corrected chi connectivity index (χ4v) is 5.64. The molecule has 263 valence electrons. The van der Waals surface area contributed by atoms with Gasteiger partial charge >= 0.3 is 0 Å². The Bertz CT molecular complexity index is 2290. The number of pyridine rings is 2. The molecule has 0 aliphatic rings. The number of allylic oxidation sites excluding steroid dienone is 2. The van der Waals surface area contributed by atoms with Crippen LogP contribution in [0.25, 0.3) is 54.5 Å². The number of aromatic nitrogens is 2. The molecule has 5 aromatic carbocycles. The summed E-state index contributed by atoms with van der Waals surface area (Å²) >= 11 is 0. The van der Waals surface area contributed by atoms with Crippen molar-refractivity contribution in [3.8, 4) is 11.3 Å². The molecule has 2 aromatic heterocycles. The number of hydrogen-bond donors (Lipinski definition) is 1. The number of nitrogens with zero attached hydrogens (tertiary/aromatic N) is 2. The number of aliphatic hydroxyl groups is 1. The molecule has 0 aliphatic carbocycles. The van der Waals surface area contributed by atoms with Gasteiger partial charge in [-0.05, 0) is 57.2 Å². The molecular weight excluding hydrogens is 805 g/mol. The molecule has 4 nitrogen and oxygen atoms in total. The van der Waals surface area contributed by atoms with Crippen molar-refractivity contribution in [1.82, 2.24) is 9.97 Å². The average Bonchev–Trinajstić information content (AvgIpc) is 3.07. The maximum atomic E-state index is 11.5. The summed E-state index contributed by atoms with van der Waals surface area (Å²) < 4.78 is 0. The van der Waals surface area contributed by atoms with Crippen LogP contribution in [0.5, 0.6) is 0 Å². The van der Waals surface area contributed by atoms with Crippen LogP contribution in [0.2, 0.25) is 0 Å². The van der Waals surface area contributed by atoms with Crippen LogP contribution in [0.1, 0.15) is 58.2 Å². The van der Waals surface area contributed by atoms with E-state index in [1.807, 2.05) is 72.1 Å². The third-order valence-corrected chi connectivity index (χ3v) is 8.50. The van der Waals surface area contributed by atoms with Crippen molar-refractivity contribution >= 4 is 49.0 Å². The van der Waals surface area contributed by atoms with Gasteiger partial charge in [-0.3, -0.25) is 4.79 Å². The normalized spacial score (nSPS) is 11.7. The van der Waals surface area contributed by atoms with Gasteiger partial charge in [-0.2, -0.15) is 0 Å². The zero-order valence-electron chi connectivity index (χ0n) is 31.0. The summed E-state index contributed by atoms with van der Waals surface area (Å²) in [6, 6.07) is 38.3. The molecule has 7 rings (SSSR count). The van der Waals surface area contributed by atoms with Gasteiger partial charge in [0.2, 0.25) is 0 Å². The van der Waals surface area contributed by atoms with Crippen molar-refractivity contribution in [2.75, 3.05) is 0 Å². The first kappa shape index (κ1) is 39.1. The Kier molecular flexibility index (Phi) is 12.3. The Morgan fingerprint density at radius 2 is 1.37 bits per heavy atom. The molecule has 0 saturated carbocycles. The number of benzene rings is 5. The Hall–Kier alpha value is -4.70. The van der Waals surface area contributed by atoms with Crippen molar-refractivity contribution in [2.24, 2.45) is 10.8 Å². The van der Waals surface area contributed by atoms with Gasteiger partial charge in [0.15, 0.2) is 5.78 Å². The van der Waals surface area contributed by atoms with Crippen LogP contribution in [0.4, 0.5) is 0 Å². The predicted molar refractivity (Wildman–Crippen MR) is 210 cm³/mol. The molecule has 1 N–H and O–H groups in total. The van der Waals surface area contributed by atoms with Crippen LogP contribution in [0.15, 0.2) is 115 Å². The topological polar surface area (TPSA) is 63.1 Å². The fraction of sp³-hybridized carbons (Fsp3) is 0.239. The second-order valence-electron chi connectivity index (χ2n) is 15.0. The Morgan fingerprint density at radius 1 is 0.686 bits per heavy atom. The molecule has 0 amide bonds. The molecule has 2 heterocycles. The zero-order chi connectivity index (χ0) is 36.2.